The molecular weight excluding hydrogens is 253 g/mol. The standard InChI is InChI=1S/C6H5I.CH5N3/c7-6-4-2-1-3-5-6;2-1(3)4/h1-5H;(H5,2,3,4). The third-order valence-corrected chi connectivity index (χ3v) is 1.45. The van der Waals surface area contributed by atoms with Crippen molar-refractivity contribution in [1.29, 1.82) is 5.41 Å². The minimum absolute atomic E-state index is 0.333. The number of nitrogens with two attached hydrogens (primary N) is 2. The molecule has 0 saturated heterocycles. The normalized spacial score (nSPS) is 7.73. The van der Waals surface area contributed by atoms with Gasteiger partial charge in [0.25, 0.3) is 0 Å². The van der Waals surface area contributed by atoms with E-state index >= 15 is 0 Å². The molecule has 0 aliphatic heterocycles. The maximum absolute atomic E-state index is 6.06. The second kappa shape index (κ2) is 5.96. The van der Waals surface area contributed by atoms with Crippen molar-refractivity contribution in [3.63, 3.8) is 0 Å². The van der Waals surface area contributed by atoms with E-state index in [1.54, 1.807) is 0 Å². The molecule has 0 radical (unpaired) electrons. The number of hydrogen-bond donors (Lipinski definition) is 3. The molecule has 0 aliphatic carbocycles. The fraction of sp³-hybridized carbons (Fsp3) is 0. The number of guanidine groups is 1. The van der Waals surface area contributed by atoms with E-state index in [4.69, 9.17) is 5.41 Å². The zero-order valence-corrected chi connectivity index (χ0v) is 8.08. The first-order valence-electron chi connectivity index (χ1n) is 2.93. The number of rotatable bonds is 0. The maximum atomic E-state index is 6.06. The van der Waals surface area contributed by atoms with E-state index in [1.807, 2.05) is 18.2 Å². The molecule has 1 rings (SSSR count). The van der Waals surface area contributed by atoms with Crippen molar-refractivity contribution in [3.8, 4) is 0 Å². The van der Waals surface area contributed by atoms with Crippen LogP contribution >= 0.6 is 22.6 Å². The smallest absolute Gasteiger partial charge is 0.183 e. The lowest BCUT2D eigenvalue weighted by molar-refractivity contribution is 1.39. The minimum Gasteiger partial charge on any atom is -0.370 e. The van der Waals surface area contributed by atoms with E-state index < -0.39 is 0 Å². The molecule has 0 saturated carbocycles. The van der Waals surface area contributed by atoms with Crippen molar-refractivity contribution in [2.24, 2.45) is 11.5 Å². The van der Waals surface area contributed by atoms with Crippen LogP contribution < -0.4 is 11.5 Å². The molecule has 0 atom stereocenters. The van der Waals surface area contributed by atoms with Gasteiger partial charge in [-0.2, -0.15) is 0 Å². The van der Waals surface area contributed by atoms with Crippen molar-refractivity contribution < 1.29 is 0 Å². The summed E-state index contributed by atoms with van der Waals surface area (Å²) >= 11 is 2.28. The van der Waals surface area contributed by atoms with Gasteiger partial charge in [0.1, 0.15) is 0 Å². The molecule has 0 bridgehead atoms. The Balaban J connectivity index is 0.000000218. The maximum Gasteiger partial charge on any atom is 0.183 e. The van der Waals surface area contributed by atoms with Gasteiger partial charge in [0.05, 0.1) is 0 Å². The fourth-order valence-electron chi connectivity index (χ4n) is 0.415. The second-order valence-corrected chi connectivity index (χ2v) is 3.00. The van der Waals surface area contributed by atoms with Crippen molar-refractivity contribution in [1.82, 2.24) is 0 Å². The average Bonchev–Trinajstić information content (AvgIpc) is 1.87. The Morgan fingerprint density at radius 2 is 1.55 bits per heavy atom. The summed E-state index contributed by atoms with van der Waals surface area (Å²) in [5.41, 5.74) is 8.94. The van der Waals surface area contributed by atoms with E-state index in [0.29, 0.717) is 0 Å². The van der Waals surface area contributed by atoms with Crippen LogP contribution in [-0.4, -0.2) is 5.96 Å². The number of hydrogen-bond acceptors (Lipinski definition) is 1. The lowest BCUT2D eigenvalue weighted by atomic mass is 10.4. The molecular formula is C7H10IN3. The Morgan fingerprint density at radius 1 is 1.18 bits per heavy atom. The summed E-state index contributed by atoms with van der Waals surface area (Å²) in [6.45, 7) is 0. The van der Waals surface area contributed by atoms with Gasteiger partial charge in [-0.25, -0.2) is 0 Å². The molecule has 60 valence electrons. The lowest BCUT2D eigenvalue weighted by Gasteiger charge is -1.80. The van der Waals surface area contributed by atoms with E-state index in [-0.39, 0.29) is 5.96 Å². The fourth-order valence-corrected chi connectivity index (χ4v) is 0.830. The van der Waals surface area contributed by atoms with Gasteiger partial charge in [0.2, 0.25) is 0 Å². The molecule has 4 heteroatoms. The molecule has 0 spiro atoms. The number of halogens is 1. The Bertz CT molecular complexity index is 206. The minimum atomic E-state index is -0.333. The van der Waals surface area contributed by atoms with Crippen LogP contribution in [0, 0.1) is 8.98 Å². The largest absolute Gasteiger partial charge is 0.370 e. The van der Waals surface area contributed by atoms with Crippen molar-refractivity contribution >= 4 is 28.6 Å². The average molecular weight is 263 g/mol. The second-order valence-electron chi connectivity index (χ2n) is 1.75. The Labute approximate surface area is 79.4 Å². The third-order valence-electron chi connectivity index (χ3n) is 0.733. The van der Waals surface area contributed by atoms with Gasteiger partial charge in [-0.15, -0.1) is 0 Å². The summed E-state index contributed by atoms with van der Waals surface area (Å²) < 4.78 is 1.29. The summed E-state index contributed by atoms with van der Waals surface area (Å²) in [4.78, 5) is 0. The Morgan fingerprint density at radius 3 is 1.73 bits per heavy atom. The quantitative estimate of drug-likeness (QED) is 0.373. The Hall–Kier alpha value is -0.780. The molecule has 0 amide bonds. The molecule has 0 unspecified atom stereocenters. The number of benzene rings is 1. The predicted molar refractivity (Wildman–Crippen MR) is 55.3 cm³/mol. The first-order chi connectivity index (χ1) is 5.13. The molecule has 1 aromatic rings. The highest BCUT2D eigenvalue weighted by Gasteiger charge is 1.74. The predicted octanol–water partition coefficient (Wildman–Crippen LogP) is 1.13. The van der Waals surface area contributed by atoms with E-state index in [0.717, 1.165) is 0 Å². The highest BCUT2D eigenvalue weighted by Crippen LogP contribution is 1.99. The van der Waals surface area contributed by atoms with E-state index in [1.165, 1.54) is 3.57 Å². The van der Waals surface area contributed by atoms with Gasteiger partial charge >= 0.3 is 0 Å². The summed E-state index contributed by atoms with van der Waals surface area (Å²) in [7, 11) is 0. The van der Waals surface area contributed by atoms with Gasteiger partial charge < -0.3 is 11.5 Å². The van der Waals surface area contributed by atoms with Gasteiger partial charge in [-0.05, 0) is 34.7 Å². The van der Waals surface area contributed by atoms with Gasteiger partial charge in [0.15, 0.2) is 5.96 Å². The molecule has 11 heavy (non-hydrogen) atoms. The Kier molecular flexibility index (Phi) is 5.54. The van der Waals surface area contributed by atoms with Crippen LogP contribution in [0.15, 0.2) is 30.3 Å². The molecule has 5 N–H and O–H groups in total. The van der Waals surface area contributed by atoms with E-state index in [9.17, 15) is 0 Å². The van der Waals surface area contributed by atoms with Crippen LogP contribution in [0.2, 0.25) is 0 Å². The molecule has 1 aromatic carbocycles. The molecule has 3 nitrogen and oxygen atoms in total. The zero-order valence-electron chi connectivity index (χ0n) is 5.92. The first kappa shape index (κ1) is 10.2. The monoisotopic (exact) mass is 263 g/mol. The molecule has 0 aliphatic rings. The molecule has 0 heterocycles. The number of nitrogens with one attached hydrogen (secondary N) is 1. The van der Waals surface area contributed by atoms with Crippen LogP contribution in [0.4, 0.5) is 0 Å². The van der Waals surface area contributed by atoms with Crippen molar-refractivity contribution in [2.75, 3.05) is 0 Å². The summed E-state index contributed by atoms with van der Waals surface area (Å²) in [6, 6.07) is 10.2. The van der Waals surface area contributed by atoms with E-state index in [2.05, 4.69) is 46.2 Å². The topological polar surface area (TPSA) is 75.9 Å². The highest BCUT2D eigenvalue weighted by molar-refractivity contribution is 14.1. The van der Waals surface area contributed by atoms with Gasteiger partial charge in [0, 0.05) is 3.57 Å². The van der Waals surface area contributed by atoms with Crippen LogP contribution in [0.1, 0.15) is 0 Å². The van der Waals surface area contributed by atoms with Crippen LogP contribution in [-0.2, 0) is 0 Å². The summed E-state index contributed by atoms with van der Waals surface area (Å²) in [5, 5.41) is 6.06. The van der Waals surface area contributed by atoms with Gasteiger partial charge in [-0.3, -0.25) is 5.41 Å². The third kappa shape index (κ3) is 9.22. The van der Waals surface area contributed by atoms with Crippen molar-refractivity contribution in [3.05, 3.63) is 33.9 Å². The SMILES string of the molecule is Ic1ccccc1.N=C(N)N. The molecule has 0 aromatic heterocycles. The zero-order chi connectivity index (χ0) is 8.69. The van der Waals surface area contributed by atoms with Crippen molar-refractivity contribution in [2.45, 2.75) is 0 Å². The van der Waals surface area contributed by atoms with Crippen LogP contribution in [0.5, 0.6) is 0 Å². The summed E-state index contributed by atoms with van der Waals surface area (Å²) in [5.74, 6) is -0.333. The highest BCUT2D eigenvalue weighted by atomic mass is 127. The summed E-state index contributed by atoms with van der Waals surface area (Å²) in [6.07, 6.45) is 0. The van der Waals surface area contributed by atoms with Crippen LogP contribution in [0.3, 0.4) is 0 Å². The van der Waals surface area contributed by atoms with Crippen LogP contribution in [0.25, 0.3) is 0 Å². The van der Waals surface area contributed by atoms with Gasteiger partial charge in [-0.1, -0.05) is 18.2 Å². The first-order valence-corrected chi connectivity index (χ1v) is 4.01. The molecule has 0 fully saturated rings. The lowest BCUT2D eigenvalue weighted by Crippen LogP contribution is -2.20.